The van der Waals surface area contributed by atoms with Crippen LogP contribution in [0.1, 0.15) is 21.5 Å². The van der Waals surface area contributed by atoms with Gasteiger partial charge in [0.25, 0.3) is 0 Å². The molecule has 2 nitrogen and oxygen atoms in total. The summed E-state index contributed by atoms with van der Waals surface area (Å²) in [5.74, 6) is -0.150. The van der Waals surface area contributed by atoms with Crippen molar-refractivity contribution >= 4 is 29.2 Å². The van der Waals surface area contributed by atoms with Crippen molar-refractivity contribution in [1.29, 1.82) is 0 Å². The Morgan fingerprint density at radius 1 is 1.50 bits per heavy atom. The number of hydrogen-bond donors (Lipinski definition) is 0. The fourth-order valence-electron chi connectivity index (χ4n) is 1.17. The normalized spacial score (nSPS) is 10.0. The second-order valence-electron chi connectivity index (χ2n) is 2.86. The fraction of sp³-hybridized carbons (Fsp3) is 0.300. The molecule has 0 atom stereocenters. The third-order valence-electron chi connectivity index (χ3n) is 1.96. The molecule has 0 saturated carbocycles. The van der Waals surface area contributed by atoms with Gasteiger partial charge in [-0.15, -0.1) is 11.6 Å². The van der Waals surface area contributed by atoms with Gasteiger partial charge in [0.05, 0.1) is 17.7 Å². The second-order valence-corrected chi connectivity index (χ2v) is 3.50. The Bertz CT molecular complexity index is 361. The third-order valence-corrected chi connectivity index (χ3v) is 2.68. The van der Waals surface area contributed by atoms with Gasteiger partial charge in [0.2, 0.25) is 0 Å². The van der Waals surface area contributed by atoms with Crippen LogP contribution in [0.15, 0.2) is 12.1 Å². The maximum absolute atomic E-state index is 11.4. The molecular formula is C10H10Cl2O2. The number of hydrogen-bond acceptors (Lipinski definition) is 2. The van der Waals surface area contributed by atoms with Gasteiger partial charge in [0.15, 0.2) is 0 Å². The summed E-state index contributed by atoms with van der Waals surface area (Å²) in [5.41, 5.74) is 1.92. The lowest BCUT2D eigenvalue weighted by Crippen LogP contribution is -2.06. The van der Waals surface area contributed by atoms with E-state index >= 15 is 0 Å². The highest BCUT2D eigenvalue weighted by Gasteiger charge is 2.16. The summed E-state index contributed by atoms with van der Waals surface area (Å²) in [4.78, 5) is 11.4. The molecule has 1 aromatic rings. The summed E-state index contributed by atoms with van der Waals surface area (Å²) in [6.07, 6.45) is 0. The van der Waals surface area contributed by atoms with E-state index in [-0.39, 0.29) is 5.88 Å². The zero-order chi connectivity index (χ0) is 10.7. The highest BCUT2D eigenvalue weighted by Crippen LogP contribution is 2.26. The SMILES string of the molecule is COC(=O)c1c(C)ccc(CCl)c1Cl. The smallest absolute Gasteiger partial charge is 0.339 e. The Morgan fingerprint density at radius 2 is 2.14 bits per heavy atom. The van der Waals surface area contributed by atoms with E-state index in [0.717, 1.165) is 11.1 Å². The Kier molecular flexibility index (Phi) is 3.78. The van der Waals surface area contributed by atoms with Crippen LogP contribution in [0.4, 0.5) is 0 Å². The molecule has 4 heteroatoms. The Labute approximate surface area is 92.8 Å². The Hall–Kier alpha value is -0.730. The predicted octanol–water partition coefficient (Wildman–Crippen LogP) is 3.17. The molecule has 0 bridgehead atoms. The van der Waals surface area contributed by atoms with Crippen LogP contribution in [0.3, 0.4) is 0 Å². The molecule has 0 aliphatic heterocycles. The molecule has 76 valence electrons. The van der Waals surface area contributed by atoms with E-state index in [0.29, 0.717) is 10.6 Å². The summed E-state index contributed by atoms with van der Waals surface area (Å²) in [5, 5.41) is 0.381. The maximum atomic E-state index is 11.4. The highest BCUT2D eigenvalue weighted by atomic mass is 35.5. The number of benzene rings is 1. The Morgan fingerprint density at radius 3 is 2.64 bits per heavy atom. The van der Waals surface area contributed by atoms with Gasteiger partial charge in [-0.1, -0.05) is 23.7 Å². The largest absolute Gasteiger partial charge is 0.465 e. The molecule has 1 rings (SSSR count). The van der Waals surface area contributed by atoms with E-state index < -0.39 is 5.97 Å². The van der Waals surface area contributed by atoms with Crippen LogP contribution < -0.4 is 0 Å². The van der Waals surface area contributed by atoms with Crippen molar-refractivity contribution in [2.45, 2.75) is 12.8 Å². The molecule has 0 aliphatic rings. The number of methoxy groups -OCH3 is 1. The molecule has 0 amide bonds. The fourth-order valence-corrected chi connectivity index (χ4v) is 1.82. The van der Waals surface area contributed by atoms with Crippen LogP contribution in [-0.2, 0) is 10.6 Å². The average Bonchev–Trinajstić information content (AvgIpc) is 2.18. The number of carbonyl (C=O) groups is 1. The van der Waals surface area contributed by atoms with Gasteiger partial charge in [-0.05, 0) is 18.1 Å². The standard InChI is InChI=1S/C10H10Cl2O2/c1-6-3-4-7(5-11)9(12)8(6)10(13)14-2/h3-4H,5H2,1-2H3. The van der Waals surface area contributed by atoms with E-state index in [1.54, 1.807) is 19.1 Å². The van der Waals surface area contributed by atoms with Crippen LogP contribution in [0.2, 0.25) is 5.02 Å². The van der Waals surface area contributed by atoms with Gasteiger partial charge < -0.3 is 4.74 Å². The molecule has 1 aromatic carbocycles. The summed E-state index contributed by atoms with van der Waals surface area (Å²) in [6, 6.07) is 3.60. The summed E-state index contributed by atoms with van der Waals surface area (Å²) < 4.78 is 4.63. The molecule has 0 aromatic heterocycles. The van der Waals surface area contributed by atoms with E-state index in [2.05, 4.69) is 4.74 Å². The zero-order valence-corrected chi connectivity index (χ0v) is 9.45. The first-order valence-electron chi connectivity index (χ1n) is 4.04. The van der Waals surface area contributed by atoms with E-state index in [9.17, 15) is 4.79 Å². The first kappa shape index (κ1) is 11.3. The van der Waals surface area contributed by atoms with Gasteiger partial charge in [-0.25, -0.2) is 4.79 Å². The highest BCUT2D eigenvalue weighted by molar-refractivity contribution is 6.35. The van der Waals surface area contributed by atoms with Crippen LogP contribution in [-0.4, -0.2) is 13.1 Å². The zero-order valence-electron chi connectivity index (χ0n) is 7.93. The monoisotopic (exact) mass is 232 g/mol. The van der Waals surface area contributed by atoms with Crippen molar-refractivity contribution in [2.24, 2.45) is 0 Å². The summed E-state index contributed by atoms with van der Waals surface area (Å²) >= 11 is 11.7. The first-order chi connectivity index (χ1) is 6.61. The molecule has 0 heterocycles. The van der Waals surface area contributed by atoms with Crippen LogP contribution in [0, 0.1) is 6.92 Å². The molecule has 0 spiro atoms. The topological polar surface area (TPSA) is 26.3 Å². The van der Waals surface area contributed by atoms with E-state index in [4.69, 9.17) is 23.2 Å². The molecule has 0 unspecified atom stereocenters. The minimum absolute atomic E-state index is 0.281. The minimum Gasteiger partial charge on any atom is -0.465 e. The first-order valence-corrected chi connectivity index (χ1v) is 4.95. The maximum Gasteiger partial charge on any atom is 0.339 e. The molecule has 0 aliphatic carbocycles. The van der Waals surface area contributed by atoms with E-state index in [1.807, 2.05) is 0 Å². The van der Waals surface area contributed by atoms with Gasteiger partial charge >= 0.3 is 5.97 Å². The summed E-state index contributed by atoms with van der Waals surface area (Å²) in [6.45, 7) is 1.80. The number of aryl methyl sites for hydroxylation is 1. The minimum atomic E-state index is -0.431. The number of ether oxygens (including phenoxy) is 1. The predicted molar refractivity (Wildman–Crippen MR) is 57.1 cm³/mol. The lowest BCUT2D eigenvalue weighted by atomic mass is 10.1. The van der Waals surface area contributed by atoms with Crippen molar-refractivity contribution in [3.8, 4) is 0 Å². The van der Waals surface area contributed by atoms with E-state index in [1.165, 1.54) is 7.11 Å². The summed E-state index contributed by atoms with van der Waals surface area (Å²) in [7, 11) is 1.32. The number of carbonyl (C=O) groups excluding carboxylic acids is 1. The number of halogens is 2. The molecule has 0 fully saturated rings. The van der Waals surface area contributed by atoms with Crippen molar-refractivity contribution in [3.05, 3.63) is 33.8 Å². The molecule has 0 radical (unpaired) electrons. The number of rotatable bonds is 2. The number of alkyl halides is 1. The second kappa shape index (κ2) is 4.67. The third kappa shape index (κ3) is 2.02. The lowest BCUT2D eigenvalue weighted by Gasteiger charge is -2.08. The quantitative estimate of drug-likeness (QED) is 0.579. The van der Waals surface area contributed by atoms with Gasteiger partial charge in [-0.2, -0.15) is 0 Å². The molecule has 0 N–H and O–H groups in total. The average molecular weight is 233 g/mol. The van der Waals surface area contributed by atoms with Gasteiger partial charge in [0.1, 0.15) is 0 Å². The van der Waals surface area contributed by atoms with Crippen molar-refractivity contribution < 1.29 is 9.53 Å². The van der Waals surface area contributed by atoms with Crippen LogP contribution in [0.25, 0.3) is 0 Å². The van der Waals surface area contributed by atoms with Crippen LogP contribution in [0.5, 0.6) is 0 Å². The molecular weight excluding hydrogens is 223 g/mol. The number of esters is 1. The lowest BCUT2D eigenvalue weighted by molar-refractivity contribution is 0.0600. The molecule has 14 heavy (non-hydrogen) atoms. The van der Waals surface area contributed by atoms with Crippen molar-refractivity contribution in [3.63, 3.8) is 0 Å². The van der Waals surface area contributed by atoms with Gasteiger partial charge in [-0.3, -0.25) is 0 Å². The molecule has 0 saturated heterocycles. The van der Waals surface area contributed by atoms with Gasteiger partial charge in [0, 0.05) is 5.88 Å². The van der Waals surface area contributed by atoms with Crippen LogP contribution >= 0.6 is 23.2 Å². The Balaban J connectivity index is 3.32. The van der Waals surface area contributed by atoms with Crippen molar-refractivity contribution in [2.75, 3.05) is 7.11 Å². The van der Waals surface area contributed by atoms with Crippen molar-refractivity contribution in [1.82, 2.24) is 0 Å².